The van der Waals surface area contributed by atoms with Crippen molar-refractivity contribution in [3.63, 3.8) is 0 Å². The summed E-state index contributed by atoms with van der Waals surface area (Å²) in [5, 5.41) is 16.9. The largest absolute Gasteiger partial charge is 0.300 e. The van der Waals surface area contributed by atoms with E-state index in [0.29, 0.717) is 5.56 Å². The molecular formula is C31H38N4. The maximum Gasteiger partial charge on any atom is 0.163 e. The molecule has 2 unspecified atom stereocenters. The first-order valence-electron chi connectivity index (χ1n) is 13.1. The average molecular weight is 467 g/mol. The number of amidine groups is 1. The predicted octanol–water partition coefficient (Wildman–Crippen LogP) is 8.31. The van der Waals surface area contributed by atoms with E-state index in [1.165, 1.54) is 22.4 Å². The van der Waals surface area contributed by atoms with Gasteiger partial charge in [0.05, 0.1) is 16.9 Å². The quantitative estimate of drug-likeness (QED) is 0.381. The van der Waals surface area contributed by atoms with Crippen LogP contribution in [0.1, 0.15) is 78.5 Å². The van der Waals surface area contributed by atoms with E-state index in [0.717, 1.165) is 23.5 Å². The van der Waals surface area contributed by atoms with Crippen molar-refractivity contribution in [2.75, 3.05) is 9.91 Å². The van der Waals surface area contributed by atoms with E-state index in [9.17, 15) is 5.26 Å². The van der Waals surface area contributed by atoms with Gasteiger partial charge >= 0.3 is 0 Å². The Kier molecular flexibility index (Phi) is 8.02. The Morgan fingerprint density at radius 2 is 1.43 bits per heavy atom. The molecule has 0 fully saturated rings. The highest BCUT2D eigenvalue weighted by atomic mass is 15.6. The van der Waals surface area contributed by atoms with Gasteiger partial charge in [-0.05, 0) is 29.7 Å². The van der Waals surface area contributed by atoms with Gasteiger partial charge in [-0.1, -0.05) is 110 Å². The van der Waals surface area contributed by atoms with Crippen LogP contribution in [0, 0.1) is 11.3 Å². The molecule has 0 saturated heterocycles. The van der Waals surface area contributed by atoms with Crippen molar-refractivity contribution >= 4 is 17.2 Å². The molecular weight excluding hydrogens is 428 g/mol. The fourth-order valence-electron chi connectivity index (χ4n) is 5.26. The molecule has 4 nitrogen and oxygen atoms in total. The topological polar surface area (TPSA) is 42.6 Å². The third kappa shape index (κ3) is 3.71. The molecule has 4 heteroatoms. The molecule has 0 aromatic heterocycles. The molecule has 182 valence electrons. The van der Waals surface area contributed by atoms with Gasteiger partial charge in [-0.2, -0.15) is 10.4 Å². The van der Waals surface area contributed by atoms with Crippen molar-refractivity contribution < 1.29 is 0 Å². The molecule has 3 aromatic carbocycles. The van der Waals surface area contributed by atoms with Crippen LogP contribution in [0.5, 0.6) is 0 Å². The van der Waals surface area contributed by atoms with Gasteiger partial charge in [-0.15, -0.1) is 0 Å². The highest BCUT2D eigenvalue weighted by Gasteiger charge is 2.57. The lowest BCUT2D eigenvalue weighted by atomic mass is 9.78. The molecule has 0 radical (unpaired) electrons. The van der Waals surface area contributed by atoms with Gasteiger partial charge in [0.25, 0.3) is 0 Å². The van der Waals surface area contributed by atoms with Gasteiger partial charge < -0.3 is 0 Å². The van der Waals surface area contributed by atoms with Crippen LogP contribution in [0.4, 0.5) is 11.4 Å². The Morgan fingerprint density at radius 3 is 2.09 bits per heavy atom. The van der Waals surface area contributed by atoms with Crippen molar-refractivity contribution in [2.45, 2.75) is 73.4 Å². The molecule has 0 spiro atoms. The van der Waals surface area contributed by atoms with Gasteiger partial charge in [0.1, 0.15) is 12.2 Å². The Balaban J connectivity index is 0.000000533. The van der Waals surface area contributed by atoms with Gasteiger partial charge in [0, 0.05) is 16.5 Å². The fraction of sp³-hybridized carbons (Fsp3) is 0.355. The van der Waals surface area contributed by atoms with Gasteiger partial charge in [0.15, 0.2) is 5.84 Å². The molecule has 3 aromatic rings. The predicted molar refractivity (Wildman–Crippen MR) is 150 cm³/mol. The third-order valence-electron chi connectivity index (χ3n) is 6.83. The molecule has 0 saturated carbocycles. The minimum atomic E-state index is -0.110. The van der Waals surface area contributed by atoms with Crippen LogP contribution < -0.4 is 9.91 Å². The first-order valence-corrected chi connectivity index (χ1v) is 13.1. The lowest BCUT2D eigenvalue weighted by Crippen LogP contribution is -2.50. The lowest BCUT2D eigenvalue weighted by Gasteiger charge is -2.37. The maximum atomic E-state index is 9.73. The van der Waals surface area contributed by atoms with Crippen molar-refractivity contribution in [1.29, 1.82) is 5.26 Å². The highest BCUT2D eigenvalue weighted by molar-refractivity contribution is 6.22. The highest BCUT2D eigenvalue weighted by Crippen LogP contribution is 2.57. The number of hydrogen-bond acceptors (Lipinski definition) is 4. The monoisotopic (exact) mass is 466 g/mol. The lowest BCUT2D eigenvalue weighted by molar-refractivity contribution is 0.386. The summed E-state index contributed by atoms with van der Waals surface area (Å²) in [5.74, 6) is 0.982. The van der Waals surface area contributed by atoms with Gasteiger partial charge in [-0.3, -0.25) is 4.90 Å². The number of hydrazone groups is 1. The summed E-state index contributed by atoms with van der Waals surface area (Å²) in [6.07, 6.45) is 0.996. The zero-order valence-corrected chi connectivity index (χ0v) is 22.4. The third-order valence-corrected chi connectivity index (χ3v) is 6.83. The summed E-state index contributed by atoms with van der Waals surface area (Å²) in [6.45, 7) is 16.6. The number of fused-ring (bicyclic) bond motifs is 3. The van der Waals surface area contributed by atoms with Crippen molar-refractivity contribution in [1.82, 2.24) is 0 Å². The summed E-state index contributed by atoms with van der Waals surface area (Å²) >= 11 is 0. The minimum Gasteiger partial charge on any atom is -0.300 e. The van der Waals surface area contributed by atoms with E-state index in [2.05, 4.69) is 72.3 Å². The summed E-state index contributed by atoms with van der Waals surface area (Å²) in [7, 11) is 0. The maximum absolute atomic E-state index is 9.73. The molecule has 0 aliphatic carbocycles. The van der Waals surface area contributed by atoms with Crippen LogP contribution in [0.15, 0.2) is 71.8 Å². The Labute approximate surface area is 211 Å². The number of benzene rings is 3. The zero-order chi connectivity index (χ0) is 25.8. The summed E-state index contributed by atoms with van der Waals surface area (Å²) in [5.41, 5.74) is 7.71. The van der Waals surface area contributed by atoms with Crippen LogP contribution in [-0.4, -0.2) is 12.0 Å². The number of rotatable bonds is 2. The molecule has 3 heterocycles. The summed E-state index contributed by atoms with van der Waals surface area (Å²) < 4.78 is 0. The van der Waals surface area contributed by atoms with Crippen LogP contribution >= 0.6 is 0 Å². The number of para-hydroxylation sites is 2. The van der Waals surface area contributed by atoms with Crippen LogP contribution in [-0.2, 0) is 5.41 Å². The van der Waals surface area contributed by atoms with E-state index >= 15 is 0 Å². The molecule has 0 amide bonds. The van der Waals surface area contributed by atoms with E-state index in [1.807, 2.05) is 65.8 Å². The molecule has 2 atom stereocenters. The van der Waals surface area contributed by atoms with E-state index in [4.69, 9.17) is 5.10 Å². The van der Waals surface area contributed by atoms with Gasteiger partial charge in [0.2, 0.25) is 0 Å². The second-order valence-corrected chi connectivity index (χ2v) is 8.16. The van der Waals surface area contributed by atoms with Gasteiger partial charge in [-0.25, -0.2) is 5.01 Å². The molecule has 0 bridgehead atoms. The number of hydrogen-bond donors (Lipinski definition) is 0. The first-order chi connectivity index (χ1) is 17.2. The first kappa shape index (κ1) is 26.0. The second kappa shape index (κ2) is 10.8. The Morgan fingerprint density at radius 1 is 0.829 bits per heavy atom. The average Bonchev–Trinajstić information content (AvgIpc) is 3.48. The minimum absolute atomic E-state index is 0.0153. The zero-order valence-electron chi connectivity index (χ0n) is 22.4. The summed E-state index contributed by atoms with van der Waals surface area (Å²) in [6, 6.07) is 25.3. The smallest absolute Gasteiger partial charge is 0.163 e. The molecule has 6 rings (SSSR count). The fourth-order valence-corrected chi connectivity index (χ4v) is 5.26. The molecule has 35 heavy (non-hydrogen) atoms. The van der Waals surface area contributed by atoms with Crippen LogP contribution in [0.25, 0.3) is 11.1 Å². The number of nitriles is 1. The van der Waals surface area contributed by atoms with Crippen LogP contribution in [0.3, 0.4) is 0 Å². The Bertz CT molecular complexity index is 1250. The van der Waals surface area contributed by atoms with E-state index in [1.54, 1.807) is 0 Å². The normalized spacial score (nSPS) is 19.4. The molecule has 0 N–H and O–H groups in total. The summed E-state index contributed by atoms with van der Waals surface area (Å²) in [4.78, 5) is 2.41. The number of anilines is 2. The standard InChI is InChI=1S/C25H20N4.3C2H6/c1-3-25(2)20-13-8-12-18-17-10-5-6-11-19(17)23-27-29(24(25)28(23)22(18)20)21-14-7-4-9-16(21)15-26;3*1-2/h4-14,24H,3H2,1-2H3;3*1-2H3. The molecule has 3 aliphatic rings. The van der Waals surface area contributed by atoms with Crippen molar-refractivity contribution in [3.05, 3.63) is 83.4 Å². The SMILES string of the molecule is CC.CC.CC.CCC1(C)c2cccc3c2N2C(=NN(c4ccccc4C#N)C21)c1ccccc1-3. The van der Waals surface area contributed by atoms with Crippen LogP contribution in [0.2, 0.25) is 0 Å². The second-order valence-electron chi connectivity index (χ2n) is 8.16. The molecule has 3 aliphatic heterocycles. The van der Waals surface area contributed by atoms with E-state index in [-0.39, 0.29) is 11.6 Å². The van der Waals surface area contributed by atoms with Crippen molar-refractivity contribution in [2.24, 2.45) is 5.10 Å². The number of nitrogens with zero attached hydrogens (tertiary/aromatic N) is 4. The van der Waals surface area contributed by atoms with E-state index < -0.39 is 0 Å². The Hall–Kier alpha value is -3.58. The van der Waals surface area contributed by atoms with Crippen molar-refractivity contribution in [3.8, 4) is 17.2 Å².